The van der Waals surface area contributed by atoms with Gasteiger partial charge in [0.2, 0.25) is 10.0 Å². The fourth-order valence-corrected chi connectivity index (χ4v) is 6.12. The van der Waals surface area contributed by atoms with E-state index in [1.54, 1.807) is 18.2 Å². The number of piperidine rings is 1. The molecule has 0 spiro atoms. The summed E-state index contributed by atoms with van der Waals surface area (Å²) >= 11 is 0. The number of hydrogen-bond acceptors (Lipinski definition) is 4. The Bertz CT molecular complexity index is 1520. The van der Waals surface area contributed by atoms with Crippen LogP contribution >= 0.6 is 0 Å². The van der Waals surface area contributed by atoms with E-state index < -0.39 is 21.7 Å². The van der Waals surface area contributed by atoms with Crippen LogP contribution in [0.2, 0.25) is 0 Å². The van der Waals surface area contributed by atoms with Gasteiger partial charge >= 0.3 is 0 Å². The predicted molar refractivity (Wildman–Crippen MR) is 143 cm³/mol. The number of ketones is 1. The smallest absolute Gasteiger partial charge is 0.211 e. The molecule has 1 aliphatic heterocycles. The van der Waals surface area contributed by atoms with Crippen molar-refractivity contribution in [1.82, 2.24) is 4.31 Å². The lowest BCUT2D eigenvalue weighted by molar-refractivity contribution is 0.105. The fraction of sp³-hybridized carbons (Fsp3) is 0.300. The van der Waals surface area contributed by atoms with Gasteiger partial charge in [0.05, 0.1) is 12.9 Å². The number of carbonyl (C=O) groups is 1. The molecule has 38 heavy (non-hydrogen) atoms. The number of sulfonamides is 1. The molecule has 0 saturated carbocycles. The standard InChI is InChI=1S/C30H29F2NO4S/c1-19-3-5-21(6-4-19)28-29(25-9-7-22(31)17-27(25)32)24-10-8-23(18-26(24)30(28)34)37-16-13-20-11-14-33(15-12-20)38(2,35)36/h3-10,17-18,20H,11-16H2,1-2H3. The van der Waals surface area contributed by atoms with E-state index in [4.69, 9.17) is 4.74 Å². The van der Waals surface area contributed by atoms with E-state index in [0.717, 1.165) is 30.9 Å². The number of ether oxygens (including phenoxy) is 1. The highest BCUT2D eigenvalue weighted by atomic mass is 32.2. The van der Waals surface area contributed by atoms with E-state index in [-0.39, 0.29) is 11.3 Å². The monoisotopic (exact) mass is 537 g/mol. The van der Waals surface area contributed by atoms with Crippen LogP contribution in [0, 0.1) is 24.5 Å². The summed E-state index contributed by atoms with van der Waals surface area (Å²) < 4.78 is 59.6. The molecule has 5 nitrogen and oxygen atoms in total. The molecule has 0 atom stereocenters. The average molecular weight is 538 g/mol. The first-order valence-corrected chi connectivity index (χ1v) is 14.5. The molecule has 5 rings (SSSR count). The van der Waals surface area contributed by atoms with Crippen molar-refractivity contribution >= 4 is 27.0 Å². The van der Waals surface area contributed by atoms with Crippen molar-refractivity contribution in [3.8, 4) is 5.75 Å². The summed E-state index contributed by atoms with van der Waals surface area (Å²) in [4.78, 5) is 13.7. The zero-order chi connectivity index (χ0) is 27.0. The van der Waals surface area contributed by atoms with Crippen LogP contribution in [0.3, 0.4) is 0 Å². The van der Waals surface area contributed by atoms with Crippen LogP contribution < -0.4 is 4.74 Å². The maximum atomic E-state index is 14.9. The first-order chi connectivity index (χ1) is 18.1. The number of aryl methyl sites for hydroxylation is 1. The highest BCUT2D eigenvalue weighted by Gasteiger charge is 2.33. The summed E-state index contributed by atoms with van der Waals surface area (Å²) in [5, 5.41) is 0. The van der Waals surface area contributed by atoms with Crippen molar-refractivity contribution in [3.63, 3.8) is 0 Å². The summed E-state index contributed by atoms with van der Waals surface area (Å²) in [5.74, 6) is -0.741. The Morgan fingerprint density at radius 1 is 0.895 bits per heavy atom. The topological polar surface area (TPSA) is 63.7 Å². The van der Waals surface area contributed by atoms with Crippen molar-refractivity contribution < 1.29 is 26.7 Å². The number of rotatable bonds is 7. The first-order valence-electron chi connectivity index (χ1n) is 12.7. The lowest BCUT2D eigenvalue weighted by Crippen LogP contribution is -2.38. The van der Waals surface area contributed by atoms with Crippen molar-refractivity contribution in [2.75, 3.05) is 26.0 Å². The lowest BCUT2D eigenvalue weighted by atomic mass is 9.93. The van der Waals surface area contributed by atoms with Gasteiger partial charge in [0, 0.05) is 41.4 Å². The lowest BCUT2D eigenvalue weighted by Gasteiger charge is -2.30. The van der Waals surface area contributed by atoms with Gasteiger partial charge in [0.1, 0.15) is 17.4 Å². The van der Waals surface area contributed by atoms with Gasteiger partial charge < -0.3 is 4.74 Å². The Labute approximate surface area is 221 Å². The number of carbonyl (C=O) groups excluding carboxylic acids is 1. The minimum Gasteiger partial charge on any atom is -0.494 e. The molecule has 1 saturated heterocycles. The maximum absolute atomic E-state index is 14.9. The van der Waals surface area contributed by atoms with Gasteiger partial charge in [-0.1, -0.05) is 29.8 Å². The van der Waals surface area contributed by atoms with Gasteiger partial charge in [0.15, 0.2) is 5.78 Å². The Morgan fingerprint density at radius 2 is 1.58 bits per heavy atom. The summed E-state index contributed by atoms with van der Waals surface area (Å²) in [5.41, 5.74) is 3.68. The summed E-state index contributed by atoms with van der Waals surface area (Å²) in [6.07, 6.45) is 3.59. The van der Waals surface area contributed by atoms with Crippen LogP contribution in [-0.4, -0.2) is 44.5 Å². The van der Waals surface area contributed by atoms with Gasteiger partial charge in [-0.3, -0.25) is 4.79 Å². The third-order valence-corrected chi connectivity index (χ3v) is 8.66. The molecule has 2 aliphatic rings. The molecule has 0 radical (unpaired) electrons. The molecular weight excluding hydrogens is 508 g/mol. The van der Waals surface area contributed by atoms with Crippen LogP contribution in [0.15, 0.2) is 60.7 Å². The number of hydrogen-bond donors (Lipinski definition) is 0. The quantitative estimate of drug-likeness (QED) is 0.378. The van der Waals surface area contributed by atoms with Gasteiger partial charge in [0.25, 0.3) is 0 Å². The van der Waals surface area contributed by atoms with E-state index >= 15 is 0 Å². The summed E-state index contributed by atoms with van der Waals surface area (Å²) in [6.45, 7) is 3.43. The van der Waals surface area contributed by atoms with Crippen molar-refractivity contribution in [3.05, 3.63) is 100 Å². The second kappa shape index (κ2) is 10.4. The number of Topliss-reactive ketones (excluding diaryl/α,β-unsaturated/α-hetero) is 1. The second-order valence-electron chi connectivity index (χ2n) is 10.0. The van der Waals surface area contributed by atoms with Gasteiger partial charge in [-0.15, -0.1) is 0 Å². The van der Waals surface area contributed by atoms with Crippen LogP contribution in [-0.2, 0) is 10.0 Å². The van der Waals surface area contributed by atoms with Gasteiger partial charge in [-0.05, 0) is 73.6 Å². The third kappa shape index (κ3) is 5.28. The maximum Gasteiger partial charge on any atom is 0.211 e. The van der Waals surface area contributed by atoms with E-state index in [1.165, 1.54) is 22.7 Å². The van der Waals surface area contributed by atoms with Crippen LogP contribution in [0.1, 0.15) is 51.9 Å². The van der Waals surface area contributed by atoms with Crippen LogP contribution in [0.25, 0.3) is 11.1 Å². The second-order valence-corrected chi connectivity index (χ2v) is 12.0. The molecule has 1 heterocycles. The molecule has 1 aliphatic carbocycles. The summed E-state index contributed by atoms with van der Waals surface area (Å²) in [7, 11) is -3.16. The number of halogens is 2. The minimum atomic E-state index is -3.16. The highest BCUT2D eigenvalue weighted by molar-refractivity contribution is 7.88. The molecule has 3 aromatic rings. The van der Waals surface area contributed by atoms with E-state index in [1.807, 2.05) is 31.2 Å². The normalized spacial score (nSPS) is 16.7. The number of nitrogens with zero attached hydrogens (tertiary/aromatic N) is 1. The van der Waals surface area contributed by atoms with Crippen LogP contribution in [0.4, 0.5) is 8.78 Å². The number of allylic oxidation sites excluding steroid dienone is 1. The first kappa shape index (κ1) is 26.3. The van der Waals surface area contributed by atoms with Crippen molar-refractivity contribution in [2.45, 2.75) is 26.2 Å². The predicted octanol–water partition coefficient (Wildman–Crippen LogP) is 5.87. The minimum absolute atomic E-state index is 0.170. The molecule has 3 aromatic carbocycles. The van der Waals surface area contributed by atoms with Gasteiger partial charge in [-0.2, -0.15) is 0 Å². The van der Waals surface area contributed by atoms with Crippen LogP contribution in [0.5, 0.6) is 5.75 Å². The van der Waals surface area contributed by atoms with E-state index in [0.29, 0.717) is 59.2 Å². The SMILES string of the molecule is Cc1ccc(C2=C(c3ccc(F)cc3F)c3ccc(OCCC4CCN(S(C)(=O)=O)CC4)cc3C2=O)cc1. The molecule has 198 valence electrons. The number of benzene rings is 3. The molecule has 0 unspecified atom stereocenters. The Morgan fingerprint density at radius 3 is 2.24 bits per heavy atom. The van der Waals surface area contributed by atoms with E-state index in [2.05, 4.69) is 0 Å². The third-order valence-electron chi connectivity index (χ3n) is 7.36. The van der Waals surface area contributed by atoms with Crippen molar-refractivity contribution in [2.24, 2.45) is 5.92 Å². The zero-order valence-electron chi connectivity index (χ0n) is 21.3. The summed E-state index contributed by atoms with van der Waals surface area (Å²) in [6, 6.07) is 16.1. The van der Waals surface area contributed by atoms with Crippen molar-refractivity contribution in [1.29, 1.82) is 0 Å². The Balaban J connectivity index is 1.38. The average Bonchev–Trinajstić information content (AvgIpc) is 3.16. The fourth-order valence-electron chi connectivity index (χ4n) is 5.24. The largest absolute Gasteiger partial charge is 0.494 e. The molecular formula is C30H29F2NO4S. The van der Waals surface area contributed by atoms with E-state index in [9.17, 15) is 22.0 Å². The molecule has 0 aromatic heterocycles. The Kier molecular flexibility index (Phi) is 7.20. The van der Waals surface area contributed by atoms with Gasteiger partial charge in [-0.25, -0.2) is 21.5 Å². The molecule has 0 N–H and O–H groups in total. The molecule has 1 fully saturated rings. The molecule has 8 heteroatoms. The zero-order valence-corrected chi connectivity index (χ0v) is 22.2. The molecule has 0 bridgehead atoms. The number of fused-ring (bicyclic) bond motifs is 1. The Hall–Kier alpha value is -3.36. The highest BCUT2D eigenvalue weighted by Crippen LogP contribution is 2.44. The molecule has 0 amide bonds.